The van der Waals surface area contributed by atoms with E-state index >= 15 is 0 Å². The number of nitrogens with two attached hydrogens (primary N) is 1. The van der Waals surface area contributed by atoms with E-state index in [1.165, 1.54) is 15.9 Å². The number of hydrogen-bond donors (Lipinski definition) is 1. The Morgan fingerprint density at radius 2 is 1.14 bits per heavy atom. The zero-order valence-electron chi connectivity index (χ0n) is 16.7. The predicted octanol–water partition coefficient (Wildman–Crippen LogP) is 3.65. The first-order valence-electron chi connectivity index (χ1n) is 10.2. The Kier molecular flexibility index (Phi) is 7.98. The van der Waals surface area contributed by atoms with Crippen LogP contribution in [0.2, 0.25) is 0 Å². The second-order valence-electron chi connectivity index (χ2n) is 7.03. The maximum atomic E-state index is 11.2. The molecule has 0 radical (unpaired) electrons. The number of carbonyl (C=O) groups excluding carboxylic acids is 1. The molecule has 0 aromatic heterocycles. The van der Waals surface area contributed by atoms with E-state index in [9.17, 15) is 4.79 Å². The van der Waals surface area contributed by atoms with Gasteiger partial charge in [-0.1, -0.05) is 54.6 Å². The fraction of sp³-hybridized carbons (Fsp3) is 0.240. The van der Waals surface area contributed by atoms with Crippen LogP contribution >= 0.6 is 7.26 Å². The average molecular weight is 406 g/mol. The molecule has 0 bridgehead atoms. The van der Waals surface area contributed by atoms with Crippen LogP contribution < -0.4 is 21.6 Å². The van der Waals surface area contributed by atoms with E-state index in [0.717, 1.165) is 25.4 Å². The maximum absolute atomic E-state index is 11.2. The van der Waals surface area contributed by atoms with Crippen molar-refractivity contribution < 1.29 is 9.53 Å². The van der Waals surface area contributed by atoms with Gasteiger partial charge in [0.1, 0.15) is 23.2 Å². The van der Waals surface area contributed by atoms with Gasteiger partial charge < -0.3 is 10.5 Å². The number of hydrogen-bond acceptors (Lipinski definition) is 3. The van der Waals surface area contributed by atoms with Crippen molar-refractivity contribution in [3.63, 3.8) is 0 Å². The van der Waals surface area contributed by atoms with Crippen LogP contribution in [0, 0.1) is 0 Å². The minimum absolute atomic E-state index is 0.0509. The Hall–Kier alpha value is -2.48. The first-order valence-corrected chi connectivity index (χ1v) is 12.2. The summed E-state index contributed by atoms with van der Waals surface area (Å²) in [7, 11) is -1.75. The number of rotatable bonds is 10. The average Bonchev–Trinajstić information content (AvgIpc) is 2.80. The van der Waals surface area contributed by atoms with Crippen molar-refractivity contribution in [1.82, 2.24) is 0 Å². The van der Waals surface area contributed by atoms with Crippen LogP contribution in [0.15, 0.2) is 91.0 Å². The number of benzene rings is 3. The normalized spacial score (nSPS) is 11.2. The van der Waals surface area contributed by atoms with Crippen LogP contribution in [-0.2, 0) is 9.53 Å². The van der Waals surface area contributed by atoms with Crippen LogP contribution in [0.25, 0.3) is 0 Å². The third-order valence-electron chi connectivity index (χ3n) is 5.16. The van der Waals surface area contributed by atoms with Crippen molar-refractivity contribution in [2.75, 3.05) is 19.3 Å². The summed E-state index contributed by atoms with van der Waals surface area (Å²) >= 11 is 0. The maximum Gasteiger partial charge on any atom is 0.319 e. The summed E-state index contributed by atoms with van der Waals surface area (Å²) in [6.45, 7) is 0.397. The molecule has 2 N–H and O–H groups in total. The highest BCUT2D eigenvalue weighted by Gasteiger charge is 2.44. The summed E-state index contributed by atoms with van der Waals surface area (Å²) in [5.74, 6) is -0.329. The Morgan fingerprint density at radius 3 is 1.55 bits per heavy atom. The molecule has 0 aliphatic rings. The van der Waals surface area contributed by atoms with Crippen molar-refractivity contribution in [3.8, 4) is 0 Å². The molecule has 0 heterocycles. The Morgan fingerprint density at radius 1 is 0.690 bits per heavy atom. The lowest BCUT2D eigenvalue weighted by Crippen LogP contribution is -2.33. The third kappa shape index (κ3) is 5.32. The Labute approximate surface area is 174 Å². The van der Waals surface area contributed by atoms with E-state index in [0.29, 0.717) is 6.61 Å². The highest BCUT2D eigenvalue weighted by Crippen LogP contribution is 2.55. The van der Waals surface area contributed by atoms with Crippen LogP contribution in [0.3, 0.4) is 0 Å². The zero-order valence-corrected chi connectivity index (χ0v) is 17.6. The smallest absolute Gasteiger partial charge is 0.319 e. The van der Waals surface area contributed by atoms with Gasteiger partial charge >= 0.3 is 5.97 Å². The van der Waals surface area contributed by atoms with E-state index in [-0.39, 0.29) is 12.5 Å². The first-order chi connectivity index (χ1) is 14.3. The second kappa shape index (κ2) is 10.9. The zero-order chi connectivity index (χ0) is 20.4. The third-order valence-corrected chi connectivity index (χ3v) is 9.68. The summed E-state index contributed by atoms with van der Waals surface area (Å²) in [5, 5.41) is 4.23. The van der Waals surface area contributed by atoms with Crippen molar-refractivity contribution >= 4 is 29.1 Å². The van der Waals surface area contributed by atoms with Gasteiger partial charge in [0, 0.05) is 0 Å². The van der Waals surface area contributed by atoms with Gasteiger partial charge in [0.15, 0.2) is 0 Å². The Balaban J connectivity index is 1.88. The van der Waals surface area contributed by atoms with Gasteiger partial charge in [-0.25, -0.2) is 0 Å². The minimum Gasteiger partial charge on any atom is -0.465 e. The number of unbranched alkanes of at least 4 members (excludes halogenated alkanes) is 2. The molecule has 3 aromatic rings. The summed E-state index contributed by atoms with van der Waals surface area (Å²) in [6, 6.07) is 32.7. The molecule has 0 aliphatic carbocycles. The van der Waals surface area contributed by atoms with Crippen molar-refractivity contribution in [3.05, 3.63) is 91.0 Å². The van der Waals surface area contributed by atoms with Crippen LogP contribution in [0.4, 0.5) is 0 Å². The molecule has 0 aliphatic heterocycles. The molecule has 0 atom stereocenters. The molecule has 4 heteroatoms. The van der Waals surface area contributed by atoms with Crippen LogP contribution in [0.1, 0.15) is 19.3 Å². The van der Waals surface area contributed by atoms with E-state index in [1.807, 2.05) is 0 Å². The SMILES string of the molecule is NCC(=O)OCCCCC[P+](c1ccccc1)(c1ccccc1)c1ccccc1. The van der Waals surface area contributed by atoms with E-state index in [2.05, 4.69) is 91.0 Å². The first kappa shape index (κ1) is 21.2. The highest BCUT2D eigenvalue weighted by molar-refractivity contribution is 7.95. The lowest BCUT2D eigenvalue weighted by molar-refractivity contribution is -0.142. The van der Waals surface area contributed by atoms with Crippen molar-refractivity contribution in [1.29, 1.82) is 0 Å². The van der Waals surface area contributed by atoms with Gasteiger partial charge in [-0.05, 0) is 55.7 Å². The fourth-order valence-electron chi connectivity index (χ4n) is 3.75. The lowest BCUT2D eigenvalue weighted by atomic mass is 10.3. The van der Waals surface area contributed by atoms with Crippen molar-refractivity contribution in [2.45, 2.75) is 19.3 Å². The summed E-state index contributed by atoms with van der Waals surface area (Å²) < 4.78 is 5.12. The predicted molar refractivity (Wildman–Crippen MR) is 124 cm³/mol. The molecule has 3 aromatic carbocycles. The quantitative estimate of drug-likeness (QED) is 0.318. The Bertz CT molecular complexity index is 772. The molecule has 3 nitrogen and oxygen atoms in total. The summed E-state index contributed by atoms with van der Waals surface area (Å²) in [5.41, 5.74) is 5.29. The molecule has 0 unspecified atom stereocenters. The van der Waals surface area contributed by atoms with Crippen LogP contribution in [0.5, 0.6) is 0 Å². The summed E-state index contributed by atoms with van der Waals surface area (Å²) in [4.78, 5) is 11.2. The van der Waals surface area contributed by atoms with Gasteiger partial charge in [0.05, 0.1) is 19.3 Å². The standard InChI is InChI=1S/C25H29NO2P/c26-21-25(27)28-19-11-4-12-20-29(22-13-5-1-6-14-22,23-15-7-2-8-16-23)24-17-9-3-10-18-24/h1-3,5-10,13-18H,4,11-12,19-21,26H2/q+1. The van der Waals surface area contributed by atoms with Gasteiger partial charge in [0.25, 0.3) is 0 Å². The topological polar surface area (TPSA) is 52.3 Å². The lowest BCUT2D eigenvalue weighted by Gasteiger charge is -2.27. The van der Waals surface area contributed by atoms with E-state index in [4.69, 9.17) is 10.5 Å². The van der Waals surface area contributed by atoms with E-state index < -0.39 is 7.26 Å². The highest BCUT2D eigenvalue weighted by atomic mass is 31.2. The molecule has 29 heavy (non-hydrogen) atoms. The number of ether oxygens (including phenoxy) is 1. The van der Waals surface area contributed by atoms with Gasteiger partial charge in [-0.3, -0.25) is 4.79 Å². The molecular weight excluding hydrogens is 377 g/mol. The molecule has 0 spiro atoms. The molecule has 0 saturated heterocycles. The molecule has 0 fully saturated rings. The van der Waals surface area contributed by atoms with Crippen LogP contribution in [-0.4, -0.2) is 25.3 Å². The molecule has 0 saturated carbocycles. The van der Waals surface area contributed by atoms with Crippen molar-refractivity contribution in [2.24, 2.45) is 5.73 Å². The number of esters is 1. The van der Waals surface area contributed by atoms with Gasteiger partial charge in [-0.2, -0.15) is 0 Å². The minimum atomic E-state index is -1.75. The summed E-state index contributed by atoms with van der Waals surface area (Å²) in [6.07, 6.45) is 4.05. The van der Waals surface area contributed by atoms with Gasteiger partial charge in [-0.15, -0.1) is 0 Å². The monoisotopic (exact) mass is 406 g/mol. The molecule has 150 valence electrons. The molecular formula is C25H29NO2P+. The molecule has 3 rings (SSSR count). The fourth-order valence-corrected chi connectivity index (χ4v) is 8.16. The largest absolute Gasteiger partial charge is 0.465 e. The van der Waals surface area contributed by atoms with E-state index in [1.54, 1.807) is 0 Å². The second-order valence-corrected chi connectivity index (χ2v) is 10.6. The van der Waals surface area contributed by atoms with Gasteiger partial charge in [0.2, 0.25) is 0 Å². The number of carbonyl (C=O) groups is 1. The molecule has 0 amide bonds.